The van der Waals surface area contributed by atoms with E-state index in [1.807, 2.05) is 31.2 Å². The molecule has 2 aromatic carbocycles. The van der Waals surface area contributed by atoms with Gasteiger partial charge in [0.15, 0.2) is 0 Å². The van der Waals surface area contributed by atoms with Gasteiger partial charge < -0.3 is 10.2 Å². The molecule has 2 aromatic rings. The molecule has 0 aliphatic carbocycles. The van der Waals surface area contributed by atoms with E-state index in [0.29, 0.717) is 6.54 Å². The van der Waals surface area contributed by atoms with Crippen LogP contribution in [0.15, 0.2) is 42.5 Å². The van der Waals surface area contributed by atoms with Gasteiger partial charge >= 0.3 is 6.03 Å². The molecule has 0 radical (unpaired) electrons. The summed E-state index contributed by atoms with van der Waals surface area (Å²) in [5.74, 6) is -1.44. The first-order valence-corrected chi connectivity index (χ1v) is 7.64. The van der Waals surface area contributed by atoms with Crippen LogP contribution in [-0.4, -0.2) is 17.5 Å². The molecular weight excluding hydrogens is 298 g/mol. The third-order valence-electron chi connectivity index (χ3n) is 4.23. The lowest BCUT2D eigenvalue weighted by molar-refractivity contribution is 0.207. The summed E-state index contributed by atoms with van der Waals surface area (Å²) in [6.07, 6.45) is 1.78. The molecule has 3 rings (SSSR count). The summed E-state index contributed by atoms with van der Waals surface area (Å²) in [5.41, 5.74) is 2.23. The van der Waals surface area contributed by atoms with Gasteiger partial charge in [-0.15, -0.1) is 0 Å². The Bertz CT molecular complexity index is 733. The van der Waals surface area contributed by atoms with Crippen LogP contribution in [-0.2, 0) is 0 Å². The summed E-state index contributed by atoms with van der Waals surface area (Å²) < 4.78 is 26.7. The standard InChI is InChI=1S/C18H18F2N2O/c1-12-5-2-3-6-14(12)17-7-4-10-22(17)18(23)21-16-9-8-13(19)11-15(16)20/h2-3,5-6,8-9,11,17H,4,7,10H2,1H3,(H,21,23). The van der Waals surface area contributed by atoms with Crippen LogP contribution >= 0.6 is 0 Å². The van der Waals surface area contributed by atoms with Gasteiger partial charge in [0.1, 0.15) is 11.6 Å². The van der Waals surface area contributed by atoms with Crippen LogP contribution in [0.5, 0.6) is 0 Å². The second-order valence-electron chi connectivity index (χ2n) is 5.76. The number of carbonyl (C=O) groups is 1. The van der Waals surface area contributed by atoms with Gasteiger partial charge in [-0.1, -0.05) is 24.3 Å². The van der Waals surface area contributed by atoms with Crippen molar-refractivity contribution in [2.45, 2.75) is 25.8 Å². The Morgan fingerprint density at radius 3 is 2.74 bits per heavy atom. The largest absolute Gasteiger partial charge is 0.322 e. The van der Waals surface area contributed by atoms with Crippen molar-refractivity contribution in [3.63, 3.8) is 0 Å². The number of rotatable bonds is 2. The zero-order valence-electron chi connectivity index (χ0n) is 12.9. The quantitative estimate of drug-likeness (QED) is 0.860. The van der Waals surface area contributed by atoms with Gasteiger partial charge in [-0.05, 0) is 43.0 Å². The second kappa shape index (κ2) is 6.36. The van der Waals surface area contributed by atoms with E-state index in [9.17, 15) is 13.6 Å². The van der Waals surface area contributed by atoms with Crippen LogP contribution in [0, 0.1) is 18.6 Å². The van der Waals surface area contributed by atoms with E-state index in [1.165, 1.54) is 6.07 Å². The Kier molecular flexibility index (Phi) is 4.28. The van der Waals surface area contributed by atoms with Crippen LogP contribution in [0.1, 0.15) is 30.0 Å². The van der Waals surface area contributed by atoms with Gasteiger partial charge in [-0.25, -0.2) is 13.6 Å². The predicted octanol–water partition coefficient (Wildman–Crippen LogP) is 4.64. The highest BCUT2D eigenvalue weighted by molar-refractivity contribution is 5.90. The van der Waals surface area contributed by atoms with Crippen LogP contribution in [0.3, 0.4) is 0 Å². The average Bonchev–Trinajstić information content (AvgIpc) is 3.00. The summed E-state index contributed by atoms with van der Waals surface area (Å²) >= 11 is 0. The Labute approximate surface area is 133 Å². The first-order chi connectivity index (χ1) is 11.1. The minimum atomic E-state index is -0.773. The molecule has 3 nitrogen and oxygen atoms in total. The van der Waals surface area contributed by atoms with Crippen molar-refractivity contribution in [3.05, 3.63) is 65.2 Å². The summed E-state index contributed by atoms with van der Waals surface area (Å²) in [4.78, 5) is 14.2. The molecule has 1 aliphatic rings. The highest BCUT2D eigenvalue weighted by Gasteiger charge is 2.31. The fraction of sp³-hybridized carbons (Fsp3) is 0.278. The molecule has 0 saturated carbocycles. The molecule has 0 bridgehead atoms. The van der Waals surface area contributed by atoms with Gasteiger partial charge in [0.25, 0.3) is 0 Å². The zero-order chi connectivity index (χ0) is 16.4. The molecule has 120 valence electrons. The smallest absolute Gasteiger partial charge is 0.317 e. The number of carbonyl (C=O) groups excluding carboxylic acids is 1. The number of aryl methyl sites for hydroxylation is 1. The molecule has 1 heterocycles. The Balaban J connectivity index is 1.80. The number of urea groups is 1. The molecular formula is C18H18F2N2O. The van der Waals surface area contributed by atoms with E-state index in [0.717, 1.165) is 36.1 Å². The zero-order valence-corrected chi connectivity index (χ0v) is 12.9. The lowest BCUT2D eigenvalue weighted by Gasteiger charge is -2.26. The van der Waals surface area contributed by atoms with Crippen LogP contribution in [0.25, 0.3) is 0 Å². The van der Waals surface area contributed by atoms with Crippen LogP contribution in [0.2, 0.25) is 0 Å². The van der Waals surface area contributed by atoms with Gasteiger partial charge in [-0.3, -0.25) is 0 Å². The van der Waals surface area contributed by atoms with E-state index in [2.05, 4.69) is 5.32 Å². The summed E-state index contributed by atoms with van der Waals surface area (Å²) in [6, 6.07) is 10.7. The van der Waals surface area contributed by atoms with E-state index in [-0.39, 0.29) is 17.8 Å². The van der Waals surface area contributed by atoms with Crippen molar-refractivity contribution in [2.24, 2.45) is 0 Å². The van der Waals surface area contributed by atoms with Crippen molar-refractivity contribution in [1.29, 1.82) is 0 Å². The Hall–Kier alpha value is -2.43. The molecule has 0 aromatic heterocycles. The fourth-order valence-electron chi connectivity index (χ4n) is 3.07. The SMILES string of the molecule is Cc1ccccc1C1CCCN1C(=O)Nc1ccc(F)cc1F. The maximum Gasteiger partial charge on any atom is 0.322 e. The molecule has 1 aliphatic heterocycles. The fourth-order valence-corrected chi connectivity index (χ4v) is 3.07. The molecule has 5 heteroatoms. The first-order valence-electron chi connectivity index (χ1n) is 7.64. The number of anilines is 1. The van der Waals surface area contributed by atoms with E-state index >= 15 is 0 Å². The van der Waals surface area contributed by atoms with Gasteiger partial charge in [0.05, 0.1) is 11.7 Å². The molecule has 1 saturated heterocycles. The van der Waals surface area contributed by atoms with Crippen molar-refractivity contribution < 1.29 is 13.6 Å². The normalized spacial score (nSPS) is 17.3. The minimum absolute atomic E-state index is 0.00756. The molecule has 23 heavy (non-hydrogen) atoms. The first kappa shape index (κ1) is 15.5. The van der Waals surface area contributed by atoms with Gasteiger partial charge in [0.2, 0.25) is 0 Å². The van der Waals surface area contributed by atoms with Crippen molar-refractivity contribution in [3.8, 4) is 0 Å². The lowest BCUT2D eigenvalue weighted by Crippen LogP contribution is -2.34. The van der Waals surface area contributed by atoms with E-state index in [1.54, 1.807) is 4.90 Å². The monoisotopic (exact) mass is 316 g/mol. The number of likely N-dealkylation sites (tertiary alicyclic amines) is 1. The minimum Gasteiger partial charge on any atom is -0.317 e. The van der Waals surface area contributed by atoms with E-state index in [4.69, 9.17) is 0 Å². The van der Waals surface area contributed by atoms with Gasteiger partial charge in [0, 0.05) is 12.6 Å². The number of nitrogens with one attached hydrogen (secondary N) is 1. The average molecular weight is 316 g/mol. The summed E-state index contributed by atoms with van der Waals surface area (Å²) in [7, 11) is 0. The predicted molar refractivity (Wildman–Crippen MR) is 85.2 cm³/mol. The molecule has 1 N–H and O–H groups in total. The number of benzene rings is 2. The molecule has 1 fully saturated rings. The highest BCUT2D eigenvalue weighted by Crippen LogP contribution is 2.34. The molecule has 0 spiro atoms. The Morgan fingerprint density at radius 1 is 1.22 bits per heavy atom. The molecule has 1 unspecified atom stereocenters. The lowest BCUT2D eigenvalue weighted by atomic mass is 9.99. The summed E-state index contributed by atoms with van der Waals surface area (Å²) in [6.45, 7) is 2.64. The third-order valence-corrected chi connectivity index (χ3v) is 4.23. The highest BCUT2D eigenvalue weighted by atomic mass is 19.1. The summed E-state index contributed by atoms with van der Waals surface area (Å²) in [5, 5.41) is 2.54. The van der Waals surface area contributed by atoms with Crippen molar-refractivity contribution >= 4 is 11.7 Å². The number of hydrogen-bond donors (Lipinski definition) is 1. The molecule has 1 atom stereocenters. The second-order valence-corrected chi connectivity index (χ2v) is 5.76. The maximum absolute atomic E-state index is 13.7. The van der Waals surface area contributed by atoms with Crippen molar-refractivity contribution in [1.82, 2.24) is 4.90 Å². The maximum atomic E-state index is 13.7. The number of nitrogens with zero attached hydrogens (tertiary/aromatic N) is 1. The van der Waals surface area contributed by atoms with Crippen molar-refractivity contribution in [2.75, 3.05) is 11.9 Å². The number of amides is 2. The topological polar surface area (TPSA) is 32.3 Å². The molecule has 2 amide bonds. The van der Waals surface area contributed by atoms with E-state index < -0.39 is 11.6 Å². The van der Waals surface area contributed by atoms with Gasteiger partial charge in [-0.2, -0.15) is 0 Å². The third kappa shape index (κ3) is 3.18. The Morgan fingerprint density at radius 2 is 2.00 bits per heavy atom. The van der Waals surface area contributed by atoms with Crippen LogP contribution < -0.4 is 5.32 Å². The van der Waals surface area contributed by atoms with Crippen LogP contribution in [0.4, 0.5) is 19.3 Å². The number of hydrogen-bond acceptors (Lipinski definition) is 1. The number of halogens is 2.